The molecule has 0 aromatic heterocycles. The highest BCUT2D eigenvalue weighted by Crippen LogP contribution is 2.21. The molecule has 5 heteroatoms. The number of ether oxygens (including phenoxy) is 1. The van der Waals surface area contributed by atoms with Gasteiger partial charge in [0.1, 0.15) is 5.75 Å². The van der Waals surface area contributed by atoms with Crippen LogP contribution in [-0.4, -0.2) is 18.9 Å². The van der Waals surface area contributed by atoms with Crippen molar-refractivity contribution in [3.05, 3.63) is 64.2 Å². The van der Waals surface area contributed by atoms with Gasteiger partial charge in [-0.2, -0.15) is 0 Å². The molecule has 2 aromatic carbocycles. The molecule has 138 valence electrons. The van der Waals surface area contributed by atoms with E-state index in [9.17, 15) is 9.59 Å². The van der Waals surface area contributed by atoms with Crippen LogP contribution in [0.15, 0.2) is 36.4 Å². The number of aryl methyl sites for hydroxylation is 3. The first kappa shape index (κ1) is 19.5. The van der Waals surface area contributed by atoms with Crippen molar-refractivity contribution in [2.45, 2.75) is 40.3 Å². The van der Waals surface area contributed by atoms with Gasteiger partial charge in [-0.1, -0.05) is 24.3 Å². The van der Waals surface area contributed by atoms with Crippen LogP contribution in [0.4, 0.5) is 0 Å². The van der Waals surface area contributed by atoms with Crippen molar-refractivity contribution >= 4 is 11.8 Å². The summed E-state index contributed by atoms with van der Waals surface area (Å²) in [6.07, 6.45) is 0. The van der Waals surface area contributed by atoms with E-state index in [0.717, 1.165) is 28.0 Å². The van der Waals surface area contributed by atoms with Gasteiger partial charge in [-0.05, 0) is 67.6 Å². The van der Waals surface area contributed by atoms with E-state index in [1.165, 1.54) is 5.56 Å². The van der Waals surface area contributed by atoms with Crippen LogP contribution in [0, 0.1) is 20.8 Å². The normalized spacial score (nSPS) is 11.6. The Balaban J connectivity index is 1.93. The van der Waals surface area contributed by atoms with Gasteiger partial charge in [-0.15, -0.1) is 0 Å². The third-order valence-corrected chi connectivity index (χ3v) is 4.51. The molecule has 0 radical (unpaired) electrons. The van der Waals surface area contributed by atoms with Crippen LogP contribution in [0.3, 0.4) is 0 Å². The van der Waals surface area contributed by atoms with E-state index < -0.39 is 11.8 Å². The number of amides is 2. The van der Waals surface area contributed by atoms with Gasteiger partial charge in [0.15, 0.2) is 0 Å². The molecule has 2 N–H and O–H groups in total. The van der Waals surface area contributed by atoms with E-state index in [1.807, 2.05) is 45.0 Å². The minimum Gasteiger partial charge on any atom is -0.497 e. The molecule has 2 amide bonds. The maximum Gasteiger partial charge on any atom is 0.309 e. The summed E-state index contributed by atoms with van der Waals surface area (Å²) in [5.41, 5.74) is 5.38. The molecule has 2 aromatic rings. The van der Waals surface area contributed by atoms with Crippen LogP contribution in [-0.2, 0) is 16.1 Å². The zero-order valence-electron chi connectivity index (χ0n) is 16.0. The highest BCUT2D eigenvalue weighted by atomic mass is 16.5. The average molecular weight is 354 g/mol. The third-order valence-electron chi connectivity index (χ3n) is 4.51. The Morgan fingerprint density at radius 3 is 2.19 bits per heavy atom. The first-order valence-corrected chi connectivity index (χ1v) is 8.61. The van der Waals surface area contributed by atoms with Crippen molar-refractivity contribution in [1.82, 2.24) is 10.6 Å². The molecule has 2 rings (SSSR count). The first-order chi connectivity index (χ1) is 12.3. The lowest BCUT2D eigenvalue weighted by Gasteiger charge is -2.18. The SMILES string of the molecule is COc1ccc(CNC(=O)C(=O)N[C@@H](C)c2cc(C)c(C)cc2C)cc1. The van der Waals surface area contributed by atoms with E-state index in [4.69, 9.17) is 4.74 Å². The Morgan fingerprint density at radius 2 is 1.58 bits per heavy atom. The van der Waals surface area contributed by atoms with Crippen LogP contribution < -0.4 is 15.4 Å². The molecule has 0 saturated heterocycles. The number of carbonyl (C=O) groups excluding carboxylic acids is 2. The van der Waals surface area contributed by atoms with E-state index >= 15 is 0 Å². The molecule has 0 spiro atoms. The Morgan fingerprint density at radius 1 is 0.962 bits per heavy atom. The summed E-state index contributed by atoms with van der Waals surface area (Å²) in [5.74, 6) is -0.534. The second-order valence-corrected chi connectivity index (χ2v) is 6.52. The molecule has 0 fully saturated rings. The van der Waals surface area contributed by atoms with Crippen LogP contribution in [0.1, 0.15) is 40.8 Å². The predicted molar refractivity (Wildman–Crippen MR) is 102 cm³/mol. The van der Waals surface area contributed by atoms with Crippen LogP contribution >= 0.6 is 0 Å². The smallest absolute Gasteiger partial charge is 0.309 e. The Kier molecular flexibility index (Phi) is 6.39. The maximum atomic E-state index is 12.2. The van der Waals surface area contributed by atoms with Crippen molar-refractivity contribution in [2.75, 3.05) is 7.11 Å². The Hall–Kier alpha value is -2.82. The lowest BCUT2D eigenvalue weighted by Crippen LogP contribution is -2.40. The zero-order chi connectivity index (χ0) is 19.3. The van der Waals surface area contributed by atoms with Gasteiger partial charge in [0.2, 0.25) is 0 Å². The molecule has 0 bridgehead atoms. The molecular formula is C21H26N2O3. The molecule has 0 unspecified atom stereocenters. The van der Waals surface area contributed by atoms with Crippen molar-refractivity contribution in [3.8, 4) is 5.75 Å². The predicted octanol–water partition coefficient (Wildman–Crippen LogP) is 3.11. The fourth-order valence-electron chi connectivity index (χ4n) is 2.80. The Bertz CT molecular complexity index is 798. The van der Waals surface area contributed by atoms with E-state index in [-0.39, 0.29) is 12.6 Å². The molecule has 0 saturated carbocycles. The van der Waals surface area contributed by atoms with Crippen LogP contribution in [0.5, 0.6) is 5.75 Å². The fraction of sp³-hybridized carbons (Fsp3) is 0.333. The maximum absolute atomic E-state index is 12.2. The monoisotopic (exact) mass is 354 g/mol. The molecule has 0 heterocycles. The zero-order valence-corrected chi connectivity index (χ0v) is 16.0. The molecule has 0 aliphatic heterocycles. The lowest BCUT2D eigenvalue weighted by molar-refractivity contribution is -0.139. The number of carbonyl (C=O) groups is 2. The summed E-state index contributed by atoms with van der Waals surface area (Å²) in [5, 5.41) is 5.40. The summed E-state index contributed by atoms with van der Waals surface area (Å²) in [4.78, 5) is 24.2. The molecule has 26 heavy (non-hydrogen) atoms. The number of methoxy groups -OCH3 is 1. The molecule has 0 aliphatic rings. The largest absolute Gasteiger partial charge is 0.497 e. The number of benzene rings is 2. The second kappa shape index (κ2) is 8.52. The number of hydrogen-bond acceptors (Lipinski definition) is 3. The molecule has 1 atom stereocenters. The van der Waals surface area contributed by atoms with Gasteiger partial charge in [0.05, 0.1) is 13.2 Å². The number of hydrogen-bond donors (Lipinski definition) is 2. The van der Waals surface area contributed by atoms with E-state index in [2.05, 4.69) is 29.7 Å². The van der Waals surface area contributed by atoms with Gasteiger partial charge >= 0.3 is 11.8 Å². The highest BCUT2D eigenvalue weighted by molar-refractivity contribution is 6.35. The standard InChI is InChI=1S/C21H26N2O3/c1-13-10-15(3)19(11-14(13)2)16(4)23-21(25)20(24)22-12-17-6-8-18(26-5)9-7-17/h6-11,16H,12H2,1-5H3,(H,22,24)(H,23,25)/t16-/m0/s1. The summed E-state index contributed by atoms with van der Waals surface area (Å²) in [6.45, 7) is 8.27. The minimum absolute atomic E-state index is 0.242. The third kappa shape index (κ3) is 4.85. The molecule has 0 aliphatic carbocycles. The number of rotatable bonds is 5. The quantitative estimate of drug-likeness (QED) is 0.811. The van der Waals surface area contributed by atoms with E-state index in [1.54, 1.807) is 7.11 Å². The second-order valence-electron chi connectivity index (χ2n) is 6.52. The minimum atomic E-state index is -0.644. The van der Waals surface area contributed by atoms with E-state index in [0.29, 0.717) is 0 Å². The van der Waals surface area contributed by atoms with Crippen LogP contribution in [0.2, 0.25) is 0 Å². The van der Waals surface area contributed by atoms with Crippen molar-refractivity contribution in [2.24, 2.45) is 0 Å². The van der Waals surface area contributed by atoms with Crippen LogP contribution in [0.25, 0.3) is 0 Å². The summed E-state index contributed by atoms with van der Waals surface area (Å²) in [7, 11) is 1.60. The van der Waals surface area contributed by atoms with Crippen molar-refractivity contribution in [1.29, 1.82) is 0 Å². The van der Waals surface area contributed by atoms with Crippen molar-refractivity contribution < 1.29 is 14.3 Å². The summed E-state index contributed by atoms with van der Waals surface area (Å²) >= 11 is 0. The highest BCUT2D eigenvalue weighted by Gasteiger charge is 2.18. The molecule has 5 nitrogen and oxygen atoms in total. The topological polar surface area (TPSA) is 67.4 Å². The lowest BCUT2D eigenvalue weighted by atomic mass is 9.96. The van der Waals surface area contributed by atoms with Gasteiger partial charge in [0.25, 0.3) is 0 Å². The van der Waals surface area contributed by atoms with Gasteiger partial charge in [-0.3, -0.25) is 9.59 Å². The average Bonchev–Trinajstić information content (AvgIpc) is 2.62. The first-order valence-electron chi connectivity index (χ1n) is 8.61. The summed E-state index contributed by atoms with van der Waals surface area (Å²) < 4.78 is 5.09. The molecular weight excluding hydrogens is 328 g/mol. The Labute approximate surface area is 154 Å². The van der Waals surface area contributed by atoms with Gasteiger partial charge < -0.3 is 15.4 Å². The summed E-state index contributed by atoms with van der Waals surface area (Å²) in [6, 6.07) is 11.2. The fourth-order valence-corrected chi connectivity index (χ4v) is 2.80. The number of nitrogens with one attached hydrogen (secondary N) is 2. The van der Waals surface area contributed by atoms with Crippen molar-refractivity contribution in [3.63, 3.8) is 0 Å². The van der Waals surface area contributed by atoms with Gasteiger partial charge in [0, 0.05) is 6.54 Å². The van der Waals surface area contributed by atoms with Gasteiger partial charge in [-0.25, -0.2) is 0 Å².